The summed E-state index contributed by atoms with van der Waals surface area (Å²) in [6.07, 6.45) is 9.15. The summed E-state index contributed by atoms with van der Waals surface area (Å²) in [5, 5.41) is 0. The van der Waals surface area contributed by atoms with Crippen molar-refractivity contribution in [3.05, 3.63) is 10.6 Å². The Kier molecular flexibility index (Phi) is 4.34. The molecule has 0 radical (unpaired) electrons. The van der Waals surface area contributed by atoms with Crippen LogP contribution < -0.4 is 0 Å². The summed E-state index contributed by atoms with van der Waals surface area (Å²) in [6.45, 7) is 4.65. The normalized spacial score (nSPS) is 24.6. The third-order valence-corrected chi connectivity index (χ3v) is 3.78. The van der Waals surface area contributed by atoms with Gasteiger partial charge in [0.2, 0.25) is 0 Å². The Morgan fingerprint density at radius 1 is 1.58 bits per heavy atom. The van der Waals surface area contributed by atoms with Crippen LogP contribution in [-0.4, -0.2) is 0 Å². The summed E-state index contributed by atoms with van der Waals surface area (Å²) in [4.78, 5) is 0. The molecule has 0 N–H and O–H groups in total. The summed E-state index contributed by atoms with van der Waals surface area (Å²) in [5.41, 5.74) is 0. The van der Waals surface area contributed by atoms with Gasteiger partial charge >= 0.3 is 0 Å². The highest BCUT2D eigenvalue weighted by Crippen LogP contribution is 2.39. The third-order valence-electron chi connectivity index (χ3n) is 2.87. The van der Waals surface area contributed by atoms with Gasteiger partial charge in [-0.15, -0.1) is 0 Å². The molecule has 0 amide bonds. The molecular formula is C11H19Br. The van der Waals surface area contributed by atoms with Crippen LogP contribution in [0, 0.1) is 11.8 Å². The molecule has 2 atom stereocenters. The fourth-order valence-corrected chi connectivity index (χ4v) is 2.59. The van der Waals surface area contributed by atoms with Crippen molar-refractivity contribution < 1.29 is 0 Å². The molecule has 0 fully saturated rings. The van der Waals surface area contributed by atoms with Gasteiger partial charge in [0.25, 0.3) is 0 Å². The van der Waals surface area contributed by atoms with Gasteiger partial charge in [0.05, 0.1) is 0 Å². The van der Waals surface area contributed by atoms with E-state index in [1.165, 1.54) is 36.6 Å². The average Bonchev–Trinajstić information content (AvgIpc) is 2.02. The van der Waals surface area contributed by atoms with Crippen LogP contribution in [0.5, 0.6) is 0 Å². The van der Waals surface area contributed by atoms with E-state index in [4.69, 9.17) is 0 Å². The van der Waals surface area contributed by atoms with E-state index in [1.54, 1.807) is 0 Å². The van der Waals surface area contributed by atoms with Crippen molar-refractivity contribution >= 4 is 15.9 Å². The first-order valence-corrected chi connectivity index (χ1v) is 5.90. The Bertz CT molecular complexity index is 160. The highest BCUT2D eigenvalue weighted by molar-refractivity contribution is 9.11. The maximum absolute atomic E-state index is 3.60. The van der Waals surface area contributed by atoms with Crippen molar-refractivity contribution in [1.82, 2.24) is 0 Å². The zero-order chi connectivity index (χ0) is 8.97. The lowest BCUT2D eigenvalue weighted by Gasteiger charge is -2.29. The molecule has 0 nitrogen and oxygen atoms in total. The molecule has 0 aliphatic heterocycles. The predicted molar refractivity (Wildman–Crippen MR) is 58.4 cm³/mol. The highest BCUT2D eigenvalue weighted by atomic mass is 79.9. The molecule has 70 valence electrons. The molecule has 0 heterocycles. The molecule has 1 aliphatic carbocycles. The van der Waals surface area contributed by atoms with Crippen molar-refractivity contribution in [2.75, 3.05) is 0 Å². The molecule has 1 aliphatic rings. The summed E-state index contributed by atoms with van der Waals surface area (Å²) in [5.74, 6) is 1.73. The predicted octanol–water partition coefficient (Wildman–Crippen LogP) is 4.50. The summed E-state index contributed by atoms with van der Waals surface area (Å²) < 4.78 is 1.45. The van der Waals surface area contributed by atoms with Crippen LogP contribution in [-0.2, 0) is 0 Å². The van der Waals surface area contributed by atoms with E-state index in [0.29, 0.717) is 0 Å². The lowest BCUT2D eigenvalue weighted by Crippen LogP contribution is -2.17. The molecule has 0 aromatic heterocycles. The van der Waals surface area contributed by atoms with Crippen molar-refractivity contribution in [3.63, 3.8) is 0 Å². The Morgan fingerprint density at radius 2 is 2.33 bits per heavy atom. The largest absolute Gasteiger partial charge is 0.0734 e. The topological polar surface area (TPSA) is 0 Å². The average molecular weight is 231 g/mol. The second-order valence-electron chi connectivity index (χ2n) is 3.90. The first-order valence-electron chi connectivity index (χ1n) is 5.11. The van der Waals surface area contributed by atoms with Crippen LogP contribution in [0.4, 0.5) is 0 Å². The lowest BCUT2D eigenvalue weighted by molar-refractivity contribution is 0.363. The monoisotopic (exact) mass is 230 g/mol. The van der Waals surface area contributed by atoms with Crippen molar-refractivity contribution in [3.8, 4) is 0 Å². The van der Waals surface area contributed by atoms with E-state index in [1.807, 2.05) is 0 Å². The number of hydrogen-bond acceptors (Lipinski definition) is 0. The molecule has 1 rings (SSSR count). The quantitative estimate of drug-likeness (QED) is 0.611. The van der Waals surface area contributed by atoms with E-state index in [9.17, 15) is 0 Å². The number of unbranched alkanes of at least 4 members (excludes halogenated alkanes) is 2. The smallest absolute Gasteiger partial charge is 0.00382 e. The molecule has 0 spiro atoms. The van der Waals surface area contributed by atoms with Gasteiger partial charge in [0.15, 0.2) is 0 Å². The van der Waals surface area contributed by atoms with Gasteiger partial charge in [0, 0.05) is 0 Å². The van der Waals surface area contributed by atoms with Gasteiger partial charge in [-0.1, -0.05) is 61.5 Å². The molecule has 0 bridgehead atoms. The van der Waals surface area contributed by atoms with Gasteiger partial charge in [0.1, 0.15) is 0 Å². The van der Waals surface area contributed by atoms with Crippen LogP contribution in [0.15, 0.2) is 10.6 Å². The molecule has 1 heteroatoms. The zero-order valence-electron chi connectivity index (χ0n) is 8.15. The van der Waals surface area contributed by atoms with Crippen molar-refractivity contribution in [1.29, 1.82) is 0 Å². The second kappa shape index (κ2) is 5.06. The Morgan fingerprint density at radius 3 is 2.75 bits per heavy atom. The molecule has 0 aromatic carbocycles. The van der Waals surface area contributed by atoms with E-state index in [2.05, 4.69) is 35.9 Å². The summed E-state index contributed by atoms with van der Waals surface area (Å²) in [7, 11) is 0. The minimum Gasteiger partial charge on any atom is -0.0734 e. The van der Waals surface area contributed by atoms with Gasteiger partial charge in [-0.05, 0) is 22.7 Å². The molecule has 0 saturated carbocycles. The molecule has 0 aromatic rings. The van der Waals surface area contributed by atoms with Crippen LogP contribution >= 0.6 is 15.9 Å². The van der Waals surface area contributed by atoms with Crippen LogP contribution in [0.3, 0.4) is 0 Å². The standard InChI is InChI=1S/C11H19Br/c1-3-4-5-6-9(2)10-7-8-11(10)12/h8-10H,3-7H2,1-2H3/t9-,10?/m1/s1. The molecule has 1 unspecified atom stereocenters. The molecular weight excluding hydrogens is 212 g/mol. The third kappa shape index (κ3) is 2.62. The van der Waals surface area contributed by atoms with Crippen molar-refractivity contribution in [2.24, 2.45) is 11.8 Å². The maximum Gasteiger partial charge on any atom is -0.00382 e. The van der Waals surface area contributed by atoms with Crippen LogP contribution in [0.2, 0.25) is 0 Å². The number of rotatable bonds is 5. The van der Waals surface area contributed by atoms with Gasteiger partial charge in [-0.25, -0.2) is 0 Å². The molecule has 12 heavy (non-hydrogen) atoms. The Hall–Kier alpha value is 0.220. The van der Waals surface area contributed by atoms with E-state index >= 15 is 0 Å². The van der Waals surface area contributed by atoms with Crippen molar-refractivity contribution in [2.45, 2.75) is 46.0 Å². The minimum absolute atomic E-state index is 0.849. The summed E-state index contributed by atoms with van der Waals surface area (Å²) >= 11 is 3.60. The van der Waals surface area contributed by atoms with Crippen LogP contribution in [0.1, 0.15) is 46.0 Å². The summed E-state index contributed by atoms with van der Waals surface area (Å²) in [6, 6.07) is 0. The molecule has 0 saturated heterocycles. The Labute approximate surface area is 84.6 Å². The van der Waals surface area contributed by atoms with E-state index < -0.39 is 0 Å². The van der Waals surface area contributed by atoms with Gasteiger partial charge in [-0.2, -0.15) is 0 Å². The lowest BCUT2D eigenvalue weighted by atomic mass is 9.81. The first-order chi connectivity index (χ1) is 5.75. The SMILES string of the molecule is CCCCC[C@@H](C)C1CC=C1Br. The number of hydrogen-bond donors (Lipinski definition) is 0. The maximum atomic E-state index is 3.60. The Balaban J connectivity index is 2.12. The number of allylic oxidation sites excluding steroid dienone is 2. The van der Waals surface area contributed by atoms with Gasteiger partial charge in [-0.3, -0.25) is 0 Å². The van der Waals surface area contributed by atoms with Gasteiger partial charge < -0.3 is 0 Å². The minimum atomic E-state index is 0.849. The van der Waals surface area contributed by atoms with Crippen LogP contribution in [0.25, 0.3) is 0 Å². The fraction of sp³-hybridized carbons (Fsp3) is 0.818. The highest BCUT2D eigenvalue weighted by Gasteiger charge is 2.24. The van der Waals surface area contributed by atoms with E-state index in [-0.39, 0.29) is 0 Å². The number of halogens is 1. The second-order valence-corrected chi connectivity index (χ2v) is 4.82. The zero-order valence-corrected chi connectivity index (χ0v) is 9.73. The first kappa shape index (κ1) is 10.3. The van der Waals surface area contributed by atoms with E-state index in [0.717, 1.165) is 11.8 Å². The fourth-order valence-electron chi connectivity index (χ4n) is 1.76.